The summed E-state index contributed by atoms with van der Waals surface area (Å²) < 4.78 is 11.1. The van der Waals surface area contributed by atoms with Crippen LogP contribution in [0.25, 0.3) is 0 Å². The number of ether oxygens (including phenoxy) is 2. The molecular weight excluding hydrogens is 250 g/mol. The Morgan fingerprint density at radius 3 is 2.55 bits per heavy atom. The van der Waals surface area contributed by atoms with Crippen LogP contribution in [-0.4, -0.2) is 25.7 Å². The van der Waals surface area contributed by atoms with E-state index in [1.165, 1.54) is 5.56 Å². The number of benzene rings is 2. The standard InChI is InChI=1S/C17H17NO2/c1-19-15-9-7-14(8-10-15)17-18-12-16(20-17)11-13-5-3-2-4-6-13/h2-10,16H,11-12H2,1H3/t16-/m0/s1. The maximum absolute atomic E-state index is 5.93. The molecule has 3 heteroatoms. The van der Waals surface area contributed by atoms with Crippen molar-refractivity contribution in [3.8, 4) is 5.75 Å². The predicted octanol–water partition coefficient (Wildman–Crippen LogP) is 3.08. The average Bonchev–Trinajstić information content (AvgIpc) is 2.97. The summed E-state index contributed by atoms with van der Waals surface area (Å²) in [7, 11) is 1.66. The number of rotatable bonds is 4. The first-order valence-electron chi connectivity index (χ1n) is 6.74. The van der Waals surface area contributed by atoms with Crippen molar-refractivity contribution >= 4 is 5.90 Å². The summed E-state index contributed by atoms with van der Waals surface area (Å²) in [5.41, 5.74) is 2.28. The Kier molecular flexibility index (Phi) is 3.68. The minimum Gasteiger partial charge on any atom is -0.497 e. The molecule has 0 aromatic heterocycles. The minimum atomic E-state index is 0.134. The third-order valence-corrected chi connectivity index (χ3v) is 3.36. The molecule has 102 valence electrons. The second kappa shape index (κ2) is 5.78. The van der Waals surface area contributed by atoms with E-state index in [0.717, 1.165) is 30.2 Å². The van der Waals surface area contributed by atoms with Crippen LogP contribution in [0, 0.1) is 0 Å². The minimum absolute atomic E-state index is 0.134. The third kappa shape index (κ3) is 2.82. The second-order valence-electron chi connectivity index (χ2n) is 4.80. The highest BCUT2D eigenvalue weighted by molar-refractivity contribution is 5.95. The van der Waals surface area contributed by atoms with Gasteiger partial charge in [-0.15, -0.1) is 0 Å². The summed E-state index contributed by atoms with van der Waals surface area (Å²) in [4.78, 5) is 4.49. The molecule has 0 unspecified atom stereocenters. The number of hydrogen-bond donors (Lipinski definition) is 0. The van der Waals surface area contributed by atoms with Gasteiger partial charge in [-0.3, -0.25) is 0 Å². The number of hydrogen-bond acceptors (Lipinski definition) is 3. The molecule has 0 amide bonds. The summed E-state index contributed by atoms with van der Waals surface area (Å²) in [6.45, 7) is 0.719. The lowest BCUT2D eigenvalue weighted by molar-refractivity contribution is 0.225. The molecule has 3 rings (SSSR count). The quantitative estimate of drug-likeness (QED) is 0.852. The maximum Gasteiger partial charge on any atom is 0.216 e. The van der Waals surface area contributed by atoms with Crippen molar-refractivity contribution in [2.45, 2.75) is 12.5 Å². The largest absolute Gasteiger partial charge is 0.497 e. The highest BCUT2D eigenvalue weighted by Gasteiger charge is 2.21. The first kappa shape index (κ1) is 12.7. The van der Waals surface area contributed by atoms with Gasteiger partial charge in [0.15, 0.2) is 0 Å². The van der Waals surface area contributed by atoms with Gasteiger partial charge in [0, 0.05) is 12.0 Å². The second-order valence-corrected chi connectivity index (χ2v) is 4.80. The molecule has 2 aromatic rings. The molecule has 0 N–H and O–H groups in total. The number of methoxy groups -OCH3 is 1. The molecule has 0 radical (unpaired) electrons. The van der Waals surface area contributed by atoms with Gasteiger partial charge in [0.05, 0.1) is 13.7 Å². The summed E-state index contributed by atoms with van der Waals surface area (Å²) in [5.74, 6) is 1.57. The van der Waals surface area contributed by atoms with Crippen LogP contribution < -0.4 is 4.74 Å². The molecule has 20 heavy (non-hydrogen) atoms. The van der Waals surface area contributed by atoms with Crippen LogP contribution in [0.1, 0.15) is 11.1 Å². The summed E-state index contributed by atoms with van der Waals surface area (Å²) in [6, 6.07) is 18.2. The molecule has 1 atom stereocenters. The molecule has 0 saturated carbocycles. The van der Waals surface area contributed by atoms with Gasteiger partial charge in [-0.1, -0.05) is 30.3 Å². The average molecular weight is 267 g/mol. The van der Waals surface area contributed by atoms with Crippen molar-refractivity contribution in [3.63, 3.8) is 0 Å². The maximum atomic E-state index is 5.93. The molecule has 0 fully saturated rings. The van der Waals surface area contributed by atoms with Crippen LogP contribution in [0.4, 0.5) is 0 Å². The van der Waals surface area contributed by atoms with Gasteiger partial charge in [-0.05, 0) is 29.8 Å². The van der Waals surface area contributed by atoms with Gasteiger partial charge >= 0.3 is 0 Å². The SMILES string of the molecule is COc1ccc(C2=NC[C@H](Cc3ccccc3)O2)cc1. The fraction of sp³-hybridized carbons (Fsp3) is 0.235. The lowest BCUT2D eigenvalue weighted by Gasteiger charge is -2.11. The molecule has 0 bridgehead atoms. The molecule has 1 aliphatic rings. The monoisotopic (exact) mass is 267 g/mol. The van der Waals surface area contributed by atoms with Crippen molar-refractivity contribution in [2.75, 3.05) is 13.7 Å². The molecule has 0 spiro atoms. The van der Waals surface area contributed by atoms with E-state index in [-0.39, 0.29) is 6.10 Å². The van der Waals surface area contributed by atoms with Crippen molar-refractivity contribution in [1.29, 1.82) is 0 Å². The van der Waals surface area contributed by atoms with Crippen LogP contribution in [0.15, 0.2) is 59.6 Å². The zero-order valence-electron chi connectivity index (χ0n) is 11.5. The smallest absolute Gasteiger partial charge is 0.216 e. The Labute approximate surface area is 118 Å². The van der Waals surface area contributed by atoms with E-state index in [1.807, 2.05) is 30.3 Å². The van der Waals surface area contributed by atoms with Crippen molar-refractivity contribution in [3.05, 3.63) is 65.7 Å². The van der Waals surface area contributed by atoms with Crippen molar-refractivity contribution in [2.24, 2.45) is 4.99 Å². The van der Waals surface area contributed by atoms with Gasteiger partial charge in [0.2, 0.25) is 5.90 Å². The highest BCUT2D eigenvalue weighted by atomic mass is 16.5. The highest BCUT2D eigenvalue weighted by Crippen LogP contribution is 2.18. The van der Waals surface area contributed by atoms with Gasteiger partial charge in [0.25, 0.3) is 0 Å². The zero-order valence-corrected chi connectivity index (χ0v) is 11.5. The van der Waals surface area contributed by atoms with Gasteiger partial charge < -0.3 is 9.47 Å². The lowest BCUT2D eigenvalue weighted by atomic mass is 10.1. The van der Waals surface area contributed by atoms with Gasteiger partial charge in [0.1, 0.15) is 11.9 Å². The topological polar surface area (TPSA) is 30.8 Å². The van der Waals surface area contributed by atoms with E-state index in [2.05, 4.69) is 29.3 Å². The Morgan fingerprint density at radius 1 is 1.10 bits per heavy atom. The van der Waals surface area contributed by atoms with Crippen LogP contribution in [-0.2, 0) is 11.2 Å². The van der Waals surface area contributed by atoms with E-state index in [0.29, 0.717) is 0 Å². The fourth-order valence-corrected chi connectivity index (χ4v) is 2.29. The van der Waals surface area contributed by atoms with Crippen LogP contribution in [0.2, 0.25) is 0 Å². The number of nitrogens with zero attached hydrogens (tertiary/aromatic N) is 1. The Bertz CT molecular complexity index is 590. The zero-order chi connectivity index (χ0) is 13.8. The molecule has 1 heterocycles. The van der Waals surface area contributed by atoms with Crippen LogP contribution in [0.5, 0.6) is 5.75 Å². The van der Waals surface area contributed by atoms with Crippen LogP contribution >= 0.6 is 0 Å². The van der Waals surface area contributed by atoms with E-state index >= 15 is 0 Å². The van der Waals surface area contributed by atoms with E-state index in [9.17, 15) is 0 Å². The van der Waals surface area contributed by atoms with Crippen molar-refractivity contribution in [1.82, 2.24) is 0 Å². The van der Waals surface area contributed by atoms with Crippen LogP contribution in [0.3, 0.4) is 0 Å². The van der Waals surface area contributed by atoms with E-state index < -0.39 is 0 Å². The van der Waals surface area contributed by atoms with E-state index in [4.69, 9.17) is 9.47 Å². The van der Waals surface area contributed by atoms with E-state index in [1.54, 1.807) is 7.11 Å². The molecule has 0 aliphatic carbocycles. The Morgan fingerprint density at radius 2 is 1.85 bits per heavy atom. The predicted molar refractivity (Wildman–Crippen MR) is 79.4 cm³/mol. The molecule has 1 aliphatic heterocycles. The molecule has 2 aromatic carbocycles. The summed E-state index contributed by atoms with van der Waals surface area (Å²) in [6.07, 6.45) is 1.03. The number of aliphatic imine (C=N–C) groups is 1. The Balaban J connectivity index is 1.63. The third-order valence-electron chi connectivity index (χ3n) is 3.36. The fourth-order valence-electron chi connectivity index (χ4n) is 2.29. The molecule has 0 saturated heterocycles. The normalized spacial score (nSPS) is 17.4. The van der Waals surface area contributed by atoms with Gasteiger partial charge in [-0.2, -0.15) is 0 Å². The lowest BCUT2D eigenvalue weighted by Crippen LogP contribution is -2.16. The summed E-state index contributed by atoms with van der Waals surface area (Å²) in [5, 5.41) is 0. The van der Waals surface area contributed by atoms with Crippen molar-refractivity contribution < 1.29 is 9.47 Å². The Hall–Kier alpha value is -2.29. The molecule has 3 nitrogen and oxygen atoms in total. The first-order chi connectivity index (χ1) is 9.85. The first-order valence-corrected chi connectivity index (χ1v) is 6.74. The molecular formula is C17H17NO2. The summed E-state index contributed by atoms with van der Waals surface area (Å²) >= 11 is 0. The van der Waals surface area contributed by atoms with Gasteiger partial charge in [-0.25, -0.2) is 4.99 Å².